The van der Waals surface area contributed by atoms with E-state index in [0.29, 0.717) is 5.56 Å². The van der Waals surface area contributed by atoms with Crippen molar-refractivity contribution in [1.82, 2.24) is 0 Å². The molecule has 34 heavy (non-hydrogen) atoms. The summed E-state index contributed by atoms with van der Waals surface area (Å²) in [5, 5.41) is 0.207. The van der Waals surface area contributed by atoms with Gasteiger partial charge in [0, 0.05) is 0 Å². The number of hydrogen-bond donors (Lipinski definition) is 6. The summed E-state index contributed by atoms with van der Waals surface area (Å²) in [5.74, 6) is 0. The van der Waals surface area contributed by atoms with E-state index in [4.69, 9.17) is 0 Å². The summed E-state index contributed by atoms with van der Waals surface area (Å²) < 4.78 is 0. The van der Waals surface area contributed by atoms with Crippen LogP contribution in [0.2, 0.25) is 0 Å². The van der Waals surface area contributed by atoms with Crippen molar-refractivity contribution in [1.29, 1.82) is 0 Å². The summed E-state index contributed by atoms with van der Waals surface area (Å²) in [4.78, 5) is 62.5. The molecule has 0 radical (unpaired) electrons. The van der Waals surface area contributed by atoms with Crippen LogP contribution < -0.4 is 15.9 Å². The Balaban J connectivity index is 2.07. The van der Waals surface area contributed by atoms with Crippen molar-refractivity contribution in [2.24, 2.45) is 0 Å². The molecule has 0 atom stereocenters. The Morgan fingerprint density at radius 2 is 1.09 bits per heavy atom. The molecule has 0 fully saturated rings. The third kappa shape index (κ3) is 5.41. The van der Waals surface area contributed by atoms with E-state index in [9.17, 15) is 29.4 Å². The van der Waals surface area contributed by atoms with E-state index in [1.54, 1.807) is 30.3 Å². The Bertz CT molecular complexity index is 1170. The molecular formula is C26H36O6P2. The molecule has 6 nitrogen and oxygen atoms in total. The summed E-state index contributed by atoms with van der Waals surface area (Å²) in [5.41, 5.74) is 2.58. The van der Waals surface area contributed by atoms with Gasteiger partial charge in [-0.2, -0.15) is 0 Å². The van der Waals surface area contributed by atoms with Gasteiger partial charge in [-0.15, -0.1) is 0 Å². The Labute approximate surface area is 202 Å². The van der Waals surface area contributed by atoms with Crippen LogP contribution in [0.5, 0.6) is 0 Å². The second-order valence-corrected chi connectivity index (χ2v) is 15.8. The van der Waals surface area contributed by atoms with E-state index < -0.39 is 20.6 Å². The van der Waals surface area contributed by atoms with E-state index in [-0.39, 0.29) is 21.3 Å². The average Bonchev–Trinajstić information content (AvgIpc) is 2.71. The first kappa shape index (κ1) is 26.9. The Hall–Kier alpha value is -1.72. The van der Waals surface area contributed by atoms with Crippen molar-refractivity contribution in [2.75, 3.05) is 0 Å². The Morgan fingerprint density at radius 1 is 0.618 bits per heavy atom. The molecule has 3 aromatic rings. The van der Waals surface area contributed by atoms with Crippen molar-refractivity contribution in [3.63, 3.8) is 0 Å². The van der Waals surface area contributed by atoms with E-state index in [1.807, 2.05) is 32.9 Å². The zero-order chi connectivity index (χ0) is 25.8. The van der Waals surface area contributed by atoms with Crippen LogP contribution in [0.25, 0.3) is 11.1 Å². The minimum atomic E-state index is -5.44. The van der Waals surface area contributed by atoms with Gasteiger partial charge < -0.3 is 0 Å². The van der Waals surface area contributed by atoms with Crippen molar-refractivity contribution < 1.29 is 29.4 Å². The van der Waals surface area contributed by atoms with Crippen LogP contribution in [0.1, 0.15) is 52.7 Å². The molecule has 0 unspecified atom stereocenters. The SMILES string of the molecule is CC(C)(C)c1ccc(P(O)(O)(O)c2ccc(-c3ccc([PH](O)(O)O)cc3)cc2)c(C(C)(C)C)c1. The van der Waals surface area contributed by atoms with Crippen LogP contribution in [0.4, 0.5) is 0 Å². The van der Waals surface area contributed by atoms with Gasteiger partial charge in [0.05, 0.1) is 0 Å². The van der Waals surface area contributed by atoms with Crippen molar-refractivity contribution >= 4 is 31.1 Å². The van der Waals surface area contributed by atoms with Gasteiger partial charge in [-0.05, 0) is 0 Å². The van der Waals surface area contributed by atoms with Gasteiger partial charge in [0.15, 0.2) is 0 Å². The molecule has 0 bridgehead atoms. The van der Waals surface area contributed by atoms with E-state index in [2.05, 4.69) is 20.8 Å². The molecule has 0 heterocycles. The molecule has 3 rings (SSSR count). The van der Waals surface area contributed by atoms with Crippen LogP contribution in [0.15, 0.2) is 66.7 Å². The summed E-state index contributed by atoms with van der Waals surface area (Å²) in [6.07, 6.45) is 0. The monoisotopic (exact) mass is 506 g/mol. The van der Waals surface area contributed by atoms with Crippen LogP contribution in [0.3, 0.4) is 0 Å². The standard InChI is InChI=1S/C26H36O6P2/c1-25(2,3)20-11-16-24(23(17-20)26(4,5)6)34(30,31,32)22-14-9-19(10-15-22)18-7-12-21(13-8-18)33(27,28)29/h7-17,27-33H,1-6H3. The average molecular weight is 507 g/mol. The molecule has 0 spiro atoms. The summed E-state index contributed by atoms with van der Waals surface area (Å²) >= 11 is 0. The minimum absolute atomic E-state index is 0.0212. The second-order valence-electron chi connectivity index (χ2n) is 11.0. The van der Waals surface area contributed by atoms with Gasteiger partial charge in [0.1, 0.15) is 0 Å². The second kappa shape index (κ2) is 8.44. The number of rotatable bonds is 4. The molecule has 0 aliphatic rings. The Morgan fingerprint density at radius 3 is 1.50 bits per heavy atom. The molecule has 0 saturated carbocycles. The van der Waals surface area contributed by atoms with Crippen LogP contribution >= 0.6 is 15.2 Å². The molecule has 3 aromatic carbocycles. The van der Waals surface area contributed by atoms with Crippen LogP contribution in [0, 0.1) is 0 Å². The predicted octanol–water partition coefficient (Wildman–Crippen LogP) is 3.27. The first-order valence-electron chi connectivity index (χ1n) is 11.1. The first-order valence-corrected chi connectivity index (χ1v) is 15.0. The zero-order valence-corrected chi connectivity index (χ0v) is 22.4. The summed E-state index contributed by atoms with van der Waals surface area (Å²) in [6, 6.07) is 17.9. The molecule has 0 aliphatic heterocycles. The van der Waals surface area contributed by atoms with Gasteiger partial charge in [0.2, 0.25) is 0 Å². The molecule has 0 aliphatic carbocycles. The normalized spacial score (nSPS) is 15.0. The van der Waals surface area contributed by atoms with Crippen LogP contribution in [-0.4, -0.2) is 29.4 Å². The number of benzene rings is 3. The van der Waals surface area contributed by atoms with Gasteiger partial charge in [-0.3, -0.25) is 0 Å². The molecule has 0 aromatic heterocycles. The van der Waals surface area contributed by atoms with Crippen molar-refractivity contribution in [3.05, 3.63) is 77.9 Å². The van der Waals surface area contributed by atoms with E-state index >= 15 is 0 Å². The van der Waals surface area contributed by atoms with Crippen LogP contribution in [-0.2, 0) is 10.8 Å². The van der Waals surface area contributed by atoms with Gasteiger partial charge >= 0.3 is 202 Å². The molecule has 0 saturated heterocycles. The van der Waals surface area contributed by atoms with E-state index in [0.717, 1.165) is 16.7 Å². The zero-order valence-electron chi connectivity index (χ0n) is 20.5. The molecular weight excluding hydrogens is 470 g/mol. The predicted molar refractivity (Wildman–Crippen MR) is 143 cm³/mol. The van der Waals surface area contributed by atoms with E-state index in [1.165, 1.54) is 24.3 Å². The first-order chi connectivity index (χ1) is 15.3. The van der Waals surface area contributed by atoms with Crippen molar-refractivity contribution in [2.45, 2.75) is 52.4 Å². The summed E-state index contributed by atoms with van der Waals surface area (Å²) in [6.45, 7) is 12.2. The maximum absolute atomic E-state index is 11.4. The third-order valence-electron chi connectivity index (χ3n) is 6.06. The van der Waals surface area contributed by atoms with Gasteiger partial charge in [-0.25, -0.2) is 0 Å². The molecule has 6 N–H and O–H groups in total. The van der Waals surface area contributed by atoms with Crippen molar-refractivity contribution in [3.8, 4) is 11.1 Å². The summed E-state index contributed by atoms with van der Waals surface area (Å²) in [7, 11) is -9.81. The molecule has 186 valence electrons. The quantitative estimate of drug-likeness (QED) is 0.302. The molecule has 0 amide bonds. The van der Waals surface area contributed by atoms with Gasteiger partial charge in [0.25, 0.3) is 0 Å². The molecule has 8 heteroatoms. The third-order valence-corrected chi connectivity index (χ3v) is 9.70. The fourth-order valence-electron chi connectivity index (χ4n) is 3.92. The number of hydrogen-bond acceptors (Lipinski definition) is 6. The fourth-order valence-corrected chi connectivity index (χ4v) is 6.70. The maximum atomic E-state index is 11.4. The Kier molecular flexibility index (Phi) is 6.67. The fraction of sp³-hybridized carbons (Fsp3) is 0.308. The topological polar surface area (TPSA) is 121 Å². The van der Waals surface area contributed by atoms with Gasteiger partial charge in [-0.1, -0.05) is 0 Å².